The molecule has 0 aromatic heterocycles. The summed E-state index contributed by atoms with van der Waals surface area (Å²) in [5.74, 6) is -1.13. The molecule has 1 rings (SSSR count). The van der Waals surface area contributed by atoms with Crippen LogP contribution in [0.5, 0.6) is 0 Å². The van der Waals surface area contributed by atoms with E-state index in [1.54, 1.807) is 0 Å². The monoisotopic (exact) mass is 244 g/mol. The molecular formula is C11H20N2O4. The van der Waals surface area contributed by atoms with E-state index in [4.69, 9.17) is 10.2 Å². The van der Waals surface area contributed by atoms with Crippen molar-refractivity contribution in [1.82, 2.24) is 10.6 Å². The highest BCUT2D eigenvalue weighted by Crippen LogP contribution is 2.17. The molecule has 0 spiro atoms. The summed E-state index contributed by atoms with van der Waals surface area (Å²) >= 11 is 0. The third-order valence-electron chi connectivity index (χ3n) is 2.96. The predicted molar refractivity (Wildman–Crippen MR) is 61.7 cm³/mol. The maximum Gasteiger partial charge on any atom is 0.326 e. The van der Waals surface area contributed by atoms with Gasteiger partial charge in [-0.2, -0.15) is 0 Å². The highest BCUT2D eigenvalue weighted by molar-refractivity contribution is 5.82. The first-order chi connectivity index (χ1) is 8.13. The van der Waals surface area contributed by atoms with Crippen molar-refractivity contribution in [2.75, 3.05) is 6.61 Å². The predicted octanol–water partition coefficient (Wildman–Crippen LogP) is 0.454. The lowest BCUT2D eigenvalue weighted by molar-refractivity contribution is -0.139. The Morgan fingerprint density at radius 3 is 2.41 bits per heavy atom. The molecule has 1 aliphatic carbocycles. The van der Waals surface area contributed by atoms with Gasteiger partial charge in [-0.15, -0.1) is 0 Å². The van der Waals surface area contributed by atoms with Crippen LogP contribution >= 0.6 is 0 Å². The number of rotatable bonds is 5. The van der Waals surface area contributed by atoms with Crippen LogP contribution in [0.15, 0.2) is 0 Å². The van der Waals surface area contributed by atoms with Crippen molar-refractivity contribution in [2.24, 2.45) is 0 Å². The maximum absolute atomic E-state index is 11.5. The van der Waals surface area contributed by atoms with Crippen LogP contribution in [0.1, 0.15) is 38.5 Å². The number of carbonyl (C=O) groups is 2. The molecule has 4 N–H and O–H groups in total. The molecule has 0 heterocycles. The Labute approximate surface area is 100 Å². The number of amides is 2. The van der Waals surface area contributed by atoms with Gasteiger partial charge >= 0.3 is 12.0 Å². The Morgan fingerprint density at radius 2 is 1.88 bits per heavy atom. The topological polar surface area (TPSA) is 98.7 Å². The average molecular weight is 244 g/mol. The molecule has 0 saturated heterocycles. The summed E-state index contributed by atoms with van der Waals surface area (Å²) in [6.07, 6.45) is 5.32. The van der Waals surface area contributed by atoms with Gasteiger partial charge in [0.15, 0.2) is 0 Å². The molecule has 0 aromatic rings. The van der Waals surface area contributed by atoms with Crippen LogP contribution in [0.4, 0.5) is 4.79 Å². The molecule has 0 aliphatic heterocycles. The van der Waals surface area contributed by atoms with Gasteiger partial charge in [0.05, 0.1) is 0 Å². The second-order valence-corrected chi connectivity index (χ2v) is 4.36. The van der Waals surface area contributed by atoms with Gasteiger partial charge in [0.1, 0.15) is 6.04 Å². The number of hydrogen-bond donors (Lipinski definition) is 4. The molecule has 1 fully saturated rings. The molecule has 6 nitrogen and oxygen atoms in total. The first kappa shape index (κ1) is 13.8. The fraction of sp³-hybridized carbons (Fsp3) is 0.818. The van der Waals surface area contributed by atoms with Crippen LogP contribution in [0.2, 0.25) is 0 Å². The first-order valence-electron chi connectivity index (χ1n) is 6.04. The van der Waals surface area contributed by atoms with Crippen LogP contribution in [-0.4, -0.2) is 40.9 Å². The van der Waals surface area contributed by atoms with Crippen molar-refractivity contribution in [3.63, 3.8) is 0 Å². The van der Waals surface area contributed by atoms with Gasteiger partial charge < -0.3 is 20.8 Å². The van der Waals surface area contributed by atoms with Crippen molar-refractivity contribution in [3.8, 4) is 0 Å². The molecule has 1 aliphatic rings. The minimum Gasteiger partial charge on any atom is -0.480 e. The molecule has 1 saturated carbocycles. The van der Waals surface area contributed by atoms with E-state index in [9.17, 15) is 9.59 Å². The summed E-state index contributed by atoms with van der Waals surface area (Å²) in [4.78, 5) is 22.3. The summed E-state index contributed by atoms with van der Waals surface area (Å²) in [6.45, 7) is -0.263. The van der Waals surface area contributed by atoms with Gasteiger partial charge in [-0.05, 0) is 12.8 Å². The number of carbonyl (C=O) groups excluding carboxylic acids is 1. The van der Waals surface area contributed by atoms with Crippen molar-refractivity contribution in [3.05, 3.63) is 0 Å². The van der Waals surface area contributed by atoms with Crippen molar-refractivity contribution in [2.45, 2.75) is 50.6 Å². The van der Waals surface area contributed by atoms with Gasteiger partial charge in [-0.25, -0.2) is 9.59 Å². The van der Waals surface area contributed by atoms with Gasteiger partial charge in [0.25, 0.3) is 0 Å². The summed E-state index contributed by atoms with van der Waals surface area (Å²) in [5.41, 5.74) is 0. The van der Waals surface area contributed by atoms with E-state index >= 15 is 0 Å². The third-order valence-corrected chi connectivity index (χ3v) is 2.96. The third kappa shape index (κ3) is 5.04. The number of carboxylic acids is 1. The first-order valence-corrected chi connectivity index (χ1v) is 6.04. The number of aliphatic carboxylic acids is 1. The minimum absolute atomic E-state index is 0.0213. The molecule has 98 valence electrons. The Balaban J connectivity index is 2.33. The van der Waals surface area contributed by atoms with Crippen molar-refractivity contribution < 1.29 is 19.8 Å². The van der Waals surface area contributed by atoms with E-state index < -0.39 is 18.0 Å². The Kier molecular flexibility index (Phi) is 5.76. The fourth-order valence-corrected chi connectivity index (χ4v) is 2.02. The lowest BCUT2D eigenvalue weighted by Gasteiger charge is -2.24. The zero-order valence-corrected chi connectivity index (χ0v) is 9.82. The molecule has 1 atom stereocenters. The highest BCUT2D eigenvalue weighted by Gasteiger charge is 2.21. The molecule has 0 radical (unpaired) electrons. The van der Waals surface area contributed by atoms with Crippen LogP contribution in [0.3, 0.4) is 0 Å². The quantitative estimate of drug-likeness (QED) is 0.564. The summed E-state index contributed by atoms with van der Waals surface area (Å²) in [7, 11) is 0. The van der Waals surface area contributed by atoms with Crippen LogP contribution in [-0.2, 0) is 4.79 Å². The van der Waals surface area contributed by atoms with E-state index in [2.05, 4.69) is 10.6 Å². The van der Waals surface area contributed by atoms with Crippen LogP contribution in [0, 0.1) is 0 Å². The average Bonchev–Trinajstić information content (AvgIpc) is 2.29. The van der Waals surface area contributed by atoms with Crippen molar-refractivity contribution >= 4 is 12.0 Å². The molecule has 6 heteroatoms. The maximum atomic E-state index is 11.5. The Bertz CT molecular complexity index is 264. The van der Waals surface area contributed by atoms with Gasteiger partial charge in [0, 0.05) is 19.1 Å². The Hall–Kier alpha value is -1.30. The standard InChI is InChI=1S/C11H20N2O4/c14-7-6-9(10(15)16)13-11(17)12-8-4-2-1-3-5-8/h8-9,14H,1-7H2,(H,15,16)(H2,12,13,17). The van der Waals surface area contributed by atoms with E-state index in [1.165, 1.54) is 6.42 Å². The SMILES string of the molecule is O=C(NC1CCCCC1)NC(CCO)C(=O)O. The smallest absolute Gasteiger partial charge is 0.326 e. The number of nitrogens with one attached hydrogen (secondary N) is 2. The van der Waals surface area contributed by atoms with Crippen LogP contribution < -0.4 is 10.6 Å². The lowest BCUT2D eigenvalue weighted by atomic mass is 9.96. The largest absolute Gasteiger partial charge is 0.480 e. The number of carboxylic acid groups (broad SMARTS) is 1. The number of hydrogen-bond acceptors (Lipinski definition) is 3. The van der Waals surface area contributed by atoms with E-state index in [0.717, 1.165) is 25.7 Å². The molecule has 0 bridgehead atoms. The highest BCUT2D eigenvalue weighted by atomic mass is 16.4. The van der Waals surface area contributed by atoms with E-state index in [1.807, 2.05) is 0 Å². The Morgan fingerprint density at radius 1 is 1.24 bits per heavy atom. The van der Waals surface area contributed by atoms with E-state index in [-0.39, 0.29) is 19.1 Å². The molecule has 1 unspecified atom stereocenters. The molecule has 2 amide bonds. The summed E-state index contributed by atoms with van der Waals surface area (Å²) in [5, 5.41) is 22.6. The van der Waals surface area contributed by atoms with E-state index in [0.29, 0.717) is 0 Å². The lowest BCUT2D eigenvalue weighted by Crippen LogP contribution is -2.49. The van der Waals surface area contributed by atoms with Gasteiger partial charge in [-0.1, -0.05) is 19.3 Å². The normalized spacial score (nSPS) is 18.4. The second-order valence-electron chi connectivity index (χ2n) is 4.36. The zero-order valence-electron chi connectivity index (χ0n) is 9.82. The second kappa shape index (κ2) is 7.11. The minimum atomic E-state index is -1.13. The van der Waals surface area contributed by atoms with Gasteiger partial charge in [-0.3, -0.25) is 0 Å². The van der Waals surface area contributed by atoms with Crippen LogP contribution in [0.25, 0.3) is 0 Å². The van der Waals surface area contributed by atoms with Crippen molar-refractivity contribution in [1.29, 1.82) is 0 Å². The number of aliphatic hydroxyl groups is 1. The van der Waals surface area contributed by atoms with Gasteiger partial charge in [0.2, 0.25) is 0 Å². The summed E-state index contributed by atoms with van der Waals surface area (Å²) in [6, 6.07) is -1.34. The number of urea groups is 1. The zero-order chi connectivity index (χ0) is 12.7. The fourth-order valence-electron chi connectivity index (χ4n) is 2.02. The number of aliphatic hydroxyl groups excluding tert-OH is 1. The molecule has 17 heavy (non-hydrogen) atoms. The molecular weight excluding hydrogens is 224 g/mol. The molecule has 0 aromatic carbocycles. The summed E-state index contributed by atoms with van der Waals surface area (Å²) < 4.78 is 0.